The fraction of sp³-hybridized carbons (Fsp3) is 0.125. The van der Waals surface area contributed by atoms with Gasteiger partial charge >= 0.3 is 0 Å². The largest absolute Gasteiger partial charge is 0.454 e. The Kier molecular flexibility index (Phi) is 5.15. The van der Waals surface area contributed by atoms with Gasteiger partial charge in [-0.1, -0.05) is 11.6 Å². The highest BCUT2D eigenvalue weighted by Gasteiger charge is 2.26. The minimum Gasteiger partial charge on any atom is -0.454 e. The fourth-order valence-electron chi connectivity index (χ4n) is 2.56. The van der Waals surface area contributed by atoms with Gasteiger partial charge in [0.15, 0.2) is 5.76 Å². The van der Waals surface area contributed by atoms with Gasteiger partial charge in [0.25, 0.3) is 18.1 Å². The van der Waals surface area contributed by atoms with E-state index in [2.05, 4.69) is 0 Å². The summed E-state index contributed by atoms with van der Waals surface area (Å²) >= 11 is 6.36. The smallest absolute Gasteiger partial charge is 0.262 e. The van der Waals surface area contributed by atoms with Crippen molar-refractivity contribution in [3.8, 4) is 11.3 Å². The highest BCUT2D eigenvalue weighted by Crippen LogP contribution is 2.43. The van der Waals surface area contributed by atoms with Crippen LogP contribution in [0, 0.1) is 0 Å². The minimum absolute atomic E-state index is 0.000323. The average Bonchev–Trinajstić information content (AvgIpc) is 2.89. The Balaban J connectivity index is 2.33. The first-order valence-corrected chi connectivity index (χ1v) is 12.3. The molecule has 0 spiro atoms. The molecule has 0 amide bonds. The summed E-state index contributed by atoms with van der Waals surface area (Å²) in [6.07, 6.45) is 0. The summed E-state index contributed by atoms with van der Waals surface area (Å²) in [6.45, 7) is 0. The molecule has 144 valence electrons. The van der Waals surface area contributed by atoms with E-state index in [4.69, 9.17) is 37.4 Å². The van der Waals surface area contributed by atoms with Crippen molar-refractivity contribution in [2.24, 2.45) is 0 Å². The summed E-state index contributed by atoms with van der Waals surface area (Å²) in [6, 6.07) is 9.10. The first-order chi connectivity index (χ1) is 12.4. The molecule has 0 saturated carbocycles. The summed E-state index contributed by atoms with van der Waals surface area (Å²) in [7, 11) is 6.04. The van der Waals surface area contributed by atoms with Crippen LogP contribution in [0.2, 0.25) is 5.02 Å². The average molecular weight is 469 g/mol. The normalized spacial score (nSPS) is 12.5. The molecule has 0 atom stereocenters. The number of fused-ring (bicyclic) bond motifs is 1. The van der Waals surface area contributed by atoms with Crippen LogP contribution in [0.5, 0.6) is 0 Å². The SMILES string of the molecule is CN(C)c1ccc(-c2oc3cc(S(=O)(=O)Cl)cc(S(=O)(=O)Cl)c3c2Cl)cc1. The number of rotatable bonds is 4. The van der Waals surface area contributed by atoms with Crippen LogP contribution in [0.25, 0.3) is 22.3 Å². The zero-order valence-electron chi connectivity index (χ0n) is 13.9. The molecule has 3 rings (SSSR count). The number of hydrogen-bond donors (Lipinski definition) is 0. The molecule has 0 N–H and O–H groups in total. The molecular formula is C16H12Cl3NO5S2. The topological polar surface area (TPSA) is 84.7 Å². The molecule has 0 radical (unpaired) electrons. The zero-order chi connectivity index (χ0) is 20.1. The van der Waals surface area contributed by atoms with E-state index in [1.54, 1.807) is 12.1 Å². The number of hydrogen-bond acceptors (Lipinski definition) is 6. The van der Waals surface area contributed by atoms with Gasteiger partial charge < -0.3 is 9.32 Å². The molecule has 0 aliphatic rings. The molecule has 1 heterocycles. The predicted octanol–water partition coefficient (Wildman–Crippen LogP) is 4.67. The van der Waals surface area contributed by atoms with Gasteiger partial charge in [0.1, 0.15) is 5.58 Å². The second kappa shape index (κ2) is 6.86. The van der Waals surface area contributed by atoms with Crippen LogP contribution < -0.4 is 4.90 Å². The lowest BCUT2D eigenvalue weighted by Gasteiger charge is -2.12. The Bertz CT molecular complexity index is 1250. The number of halogens is 3. The minimum atomic E-state index is -4.32. The molecule has 0 aliphatic carbocycles. The van der Waals surface area contributed by atoms with E-state index >= 15 is 0 Å². The lowest BCUT2D eigenvalue weighted by atomic mass is 10.1. The standard InChI is InChI=1S/C16H12Cl3NO5S2/c1-20(2)10-5-3-9(4-6-10)16-15(17)14-12(25-16)7-11(26(18,21)22)8-13(14)27(19,23)24/h3-8H,1-2H3. The summed E-state index contributed by atoms with van der Waals surface area (Å²) in [5.74, 6) is 0.183. The van der Waals surface area contributed by atoms with E-state index in [1.165, 1.54) is 0 Å². The maximum Gasteiger partial charge on any atom is 0.262 e. The van der Waals surface area contributed by atoms with Crippen LogP contribution in [-0.2, 0) is 18.1 Å². The van der Waals surface area contributed by atoms with Gasteiger partial charge in [-0.05, 0) is 30.3 Å². The number of furan rings is 1. The van der Waals surface area contributed by atoms with Crippen LogP contribution in [-0.4, -0.2) is 30.9 Å². The van der Waals surface area contributed by atoms with E-state index in [9.17, 15) is 16.8 Å². The highest BCUT2D eigenvalue weighted by atomic mass is 35.7. The second-order valence-corrected chi connectivity index (χ2v) is 11.3. The van der Waals surface area contributed by atoms with Crippen molar-refractivity contribution in [3.63, 3.8) is 0 Å². The number of nitrogens with zero attached hydrogens (tertiary/aromatic N) is 1. The van der Waals surface area contributed by atoms with Gasteiger partial charge in [0, 0.05) is 52.8 Å². The Labute approximate surface area is 170 Å². The third-order valence-electron chi connectivity index (χ3n) is 3.86. The van der Waals surface area contributed by atoms with Crippen LogP contribution in [0.3, 0.4) is 0 Å². The molecule has 0 bridgehead atoms. The molecule has 2 aromatic carbocycles. The van der Waals surface area contributed by atoms with Crippen molar-refractivity contribution in [2.45, 2.75) is 9.79 Å². The zero-order valence-corrected chi connectivity index (χ0v) is 17.8. The van der Waals surface area contributed by atoms with Gasteiger partial charge in [-0.25, -0.2) is 16.8 Å². The number of anilines is 1. The molecular weight excluding hydrogens is 457 g/mol. The Hall–Kier alpha value is -1.45. The van der Waals surface area contributed by atoms with Crippen molar-refractivity contribution >= 4 is 67.7 Å². The summed E-state index contributed by atoms with van der Waals surface area (Å²) in [5, 5.41) is -0.0113. The summed E-state index contributed by atoms with van der Waals surface area (Å²) < 4.78 is 52.9. The number of benzene rings is 2. The predicted molar refractivity (Wildman–Crippen MR) is 107 cm³/mol. The van der Waals surface area contributed by atoms with Crippen LogP contribution >= 0.6 is 33.0 Å². The van der Waals surface area contributed by atoms with Crippen LogP contribution in [0.15, 0.2) is 50.6 Å². The van der Waals surface area contributed by atoms with E-state index in [1.807, 2.05) is 31.1 Å². The molecule has 0 saturated heterocycles. The van der Waals surface area contributed by atoms with Crippen molar-refractivity contribution in [2.75, 3.05) is 19.0 Å². The maximum atomic E-state index is 12.0. The Morgan fingerprint density at radius 3 is 2.00 bits per heavy atom. The van der Waals surface area contributed by atoms with Crippen LogP contribution in [0.1, 0.15) is 0 Å². The van der Waals surface area contributed by atoms with Gasteiger partial charge in [-0.3, -0.25) is 0 Å². The molecule has 0 aliphatic heterocycles. The summed E-state index contributed by atoms with van der Waals surface area (Å²) in [4.78, 5) is 0.946. The van der Waals surface area contributed by atoms with Crippen molar-refractivity contribution < 1.29 is 21.3 Å². The van der Waals surface area contributed by atoms with Crippen molar-refractivity contribution in [3.05, 3.63) is 41.4 Å². The summed E-state index contributed by atoms with van der Waals surface area (Å²) in [5.41, 5.74) is 1.45. The molecule has 0 fully saturated rings. The van der Waals surface area contributed by atoms with Crippen molar-refractivity contribution in [1.29, 1.82) is 0 Å². The monoisotopic (exact) mass is 467 g/mol. The quantitative estimate of drug-likeness (QED) is 0.517. The van der Waals surface area contributed by atoms with Gasteiger partial charge in [-0.15, -0.1) is 0 Å². The van der Waals surface area contributed by atoms with E-state index < -0.39 is 27.9 Å². The van der Waals surface area contributed by atoms with Gasteiger partial charge in [0.05, 0.1) is 20.2 Å². The molecule has 6 nitrogen and oxygen atoms in total. The molecule has 27 heavy (non-hydrogen) atoms. The fourth-order valence-corrected chi connectivity index (χ4v) is 4.89. The van der Waals surface area contributed by atoms with Gasteiger partial charge in [-0.2, -0.15) is 0 Å². The van der Waals surface area contributed by atoms with Crippen molar-refractivity contribution in [1.82, 2.24) is 0 Å². The highest BCUT2D eigenvalue weighted by molar-refractivity contribution is 8.14. The molecule has 11 heteroatoms. The maximum absolute atomic E-state index is 12.0. The van der Waals surface area contributed by atoms with E-state index in [0.29, 0.717) is 5.56 Å². The third kappa shape index (κ3) is 3.90. The lowest BCUT2D eigenvalue weighted by molar-refractivity contribution is 0.606. The second-order valence-electron chi connectivity index (χ2n) is 5.86. The van der Waals surface area contributed by atoms with E-state index in [-0.39, 0.29) is 21.8 Å². The lowest BCUT2D eigenvalue weighted by Crippen LogP contribution is -2.07. The molecule has 1 aromatic heterocycles. The first-order valence-electron chi connectivity index (χ1n) is 7.32. The van der Waals surface area contributed by atoms with Crippen LogP contribution in [0.4, 0.5) is 5.69 Å². The Morgan fingerprint density at radius 1 is 0.926 bits per heavy atom. The van der Waals surface area contributed by atoms with Gasteiger partial charge in [0.2, 0.25) is 0 Å². The third-order valence-corrected chi connectivity index (χ3v) is 6.90. The molecule has 3 aromatic rings. The Morgan fingerprint density at radius 2 is 1.52 bits per heavy atom. The first kappa shape index (κ1) is 20.3. The van der Waals surface area contributed by atoms with E-state index in [0.717, 1.165) is 17.8 Å². The molecule has 0 unspecified atom stereocenters.